The maximum Gasteiger partial charge on any atom is 0.252 e. The molecule has 4 heteroatoms. The van der Waals surface area contributed by atoms with Crippen LogP contribution in [0.1, 0.15) is 0 Å². The Morgan fingerprint density at radius 2 is 2.08 bits per heavy atom. The zero-order chi connectivity index (χ0) is 8.81. The molecule has 0 radical (unpaired) electrons. The number of carbonyl (C=O) groups is 1. The maximum atomic E-state index is 10.9. The van der Waals surface area contributed by atoms with E-state index < -0.39 is 0 Å². The van der Waals surface area contributed by atoms with Crippen LogP contribution in [0.3, 0.4) is 0 Å². The minimum atomic E-state index is -0.267. The van der Waals surface area contributed by atoms with Crippen molar-refractivity contribution in [2.24, 2.45) is 0 Å². The van der Waals surface area contributed by atoms with E-state index in [0.717, 1.165) is 5.69 Å². The largest absolute Gasteiger partial charge is 0.324 e. The molecule has 0 aliphatic heterocycles. The maximum absolute atomic E-state index is 10.9. The molecule has 64 valence electrons. The topological polar surface area (TPSA) is 38.3 Å². The van der Waals surface area contributed by atoms with Crippen LogP contribution in [0.2, 0.25) is 0 Å². The zero-order valence-corrected chi connectivity index (χ0v) is 7.04. The molecule has 3 nitrogen and oxygen atoms in total. The van der Waals surface area contributed by atoms with Crippen molar-refractivity contribution in [3.63, 3.8) is 0 Å². The molecule has 1 aromatic rings. The van der Waals surface area contributed by atoms with E-state index in [1.807, 2.05) is 18.2 Å². The van der Waals surface area contributed by atoms with Crippen molar-refractivity contribution in [2.45, 2.75) is 0 Å². The van der Waals surface area contributed by atoms with Crippen LogP contribution in [-0.4, -0.2) is 12.5 Å². The van der Waals surface area contributed by atoms with Crippen LogP contribution in [0.15, 0.2) is 30.3 Å². The molecule has 0 atom stereocenters. The Morgan fingerprint density at radius 3 is 2.67 bits per heavy atom. The number of nitrogens with one attached hydrogen (secondary N) is 1. The Balaban J connectivity index is 2.47. The smallest absolute Gasteiger partial charge is 0.252 e. The van der Waals surface area contributed by atoms with Gasteiger partial charge in [0.15, 0.2) is 0 Å². The van der Waals surface area contributed by atoms with Crippen molar-refractivity contribution in [1.82, 2.24) is 0 Å². The van der Waals surface area contributed by atoms with E-state index in [-0.39, 0.29) is 12.5 Å². The quantitative estimate of drug-likeness (QED) is 0.780. The first kappa shape index (κ1) is 9.03. The summed E-state index contributed by atoms with van der Waals surface area (Å²) < 4.78 is 4.14. The highest BCUT2D eigenvalue weighted by atomic mass is 35.5. The molecular weight excluding hydrogens is 178 g/mol. The number of benzene rings is 1. The van der Waals surface area contributed by atoms with Crippen molar-refractivity contribution in [2.75, 3.05) is 11.9 Å². The Hall–Kier alpha value is -1.06. The third kappa shape index (κ3) is 2.90. The molecule has 0 aliphatic rings. The van der Waals surface area contributed by atoms with E-state index in [1.165, 1.54) is 0 Å². The first-order chi connectivity index (χ1) is 5.83. The summed E-state index contributed by atoms with van der Waals surface area (Å²) in [5.74, 6) is -0.267. The Bertz CT molecular complexity index is 250. The summed E-state index contributed by atoms with van der Waals surface area (Å²) in [6.45, 7) is -0.142. The van der Waals surface area contributed by atoms with Gasteiger partial charge in [-0.3, -0.25) is 9.08 Å². The molecule has 1 aromatic carbocycles. The summed E-state index contributed by atoms with van der Waals surface area (Å²) >= 11 is 4.90. The highest BCUT2D eigenvalue weighted by Crippen LogP contribution is 2.04. The first-order valence-corrected chi connectivity index (χ1v) is 3.72. The fourth-order valence-electron chi connectivity index (χ4n) is 0.768. The second-order valence-electron chi connectivity index (χ2n) is 2.17. The minimum absolute atomic E-state index is 0.142. The van der Waals surface area contributed by atoms with Gasteiger partial charge in [0.1, 0.15) is 6.61 Å². The summed E-state index contributed by atoms with van der Waals surface area (Å²) in [6, 6.07) is 9.10. The lowest BCUT2D eigenvalue weighted by atomic mass is 10.3. The monoisotopic (exact) mass is 185 g/mol. The molecule has 0 aliphatic carbocycles. The van der Waals surface area contributed by atoms with Crippen molar-refractivity contribution < 1.29 is 9.08 Å². The predicted octanol–water partition coefficient (Wildman–Crippen LogP) is 1.80. The molecule has 0 saturated carbocycles. The highest BCUT2D eigenvalue weighted by Gasteiger charge is 1.99. The van der Waals surface area contributed by atoms with Crippen LogP contribution in [0.25, 0.3) is 0 Å². The van der Waals surface area contributed by atoms with Gasteiger partial charge in [-0.25, -0.2) is 0 Å². The van der Waals surface area contributed by atoms with Crippen molar-refractivity contribution in [3.05, 3.63) is 30.3 Å². The van der Waals surface area contributed by atoms with Crippen LogP contribution in [0.4, 0.5) is 5.69 Å². The second-order valence-corrected chi connectivity index (χ2v) is 2.39. The molecule has 0 aromatic heterocycles. The molecule has 0 fully saturated rings. The van der Waals surface area contributed by atoms with Gasteiger partial charge in [-0.05, 0) is 12.1 Å². The van der Waals surface area contributed by atoms with Gasteiger partial charge in [-0.1, -0.05) is 18.2 Å². The van der Waals surface area contributed by atoms with E-state index in [0.29, 0.717) is 0 Å². The number of halogens is 1. The van der Waals surface area contributed by atoms with Crippen molar-refractivity contribution in [1.29, 1.82) is 0 Å². The fraction of sp³-hybridized carbons (Fsp3) is 0.125. The van der Waals surface area contributed by atoms with Crippen LogP contribution < -0.4 is 5.32 Å². The second kappa shape index (κ2) is 4.74. The molecule has 1 N–H and O–H groups in total. The first-order valence-electron chi connectivity index (χ1n) is 3.41. The summed E-state index contributed by atoms with van der Waals surface area (Å²) in [5.41, 5.74) is 0.733. The van der Waals surface area contributed by atoms with Gasteiger partial charge in [-0.2, -0.15) is 0 Å². The van der Waals surface area contributed by atoms with Crippen LogP contribution >= 0.6 is 11.9 Å². The summed E-state index contributed by atoms with van der Waals surface area (Å²) in [7, 11) is 0. The fourth-order valence-corrected chi connectivity index (χ4v) is 0.867. The number of anilines is 1. The molecule has 0 unspecified atom stereocenters. The molecule has 0 bridgehead atoms. The van der Waals surface area contributed by atoms with Gasteiger partial charge in [0.05, 0.1) is 11.9 Å². The van der Waals surface area contributed by atoms with Gasteiger partial charge < -0.3 is 5.32 Å². The van der Waals surface area contributed by atoms with E-state index in [4.69, 9.17) is 11.9 Å². The normalized spacial score (nSPS) is 9.42. The molecule has 1 rings (SSSR count). The van der Waals surface area contributed by atoms with Gasteiger partial charge in [0.2, 0.25) is 0 Å². The summed E-state index contributed by atoms with van der Waals surface area (Å²) in [5, 5.41) is 2.59. The predicted molar refractivity (Wildman–Crippen MR) is 46.9 cm³/mol. The van der Waals surface area contributed by atoms with Crippen LogP contribution in [0.5, 0.6) is 0 Å². The molecule has 12 heavy (non-hydrogen) atoms. The molecule has 0 heterocycles. The lowest BCUT2D eigenvalue weighted by Crippen LogP contribution is -2.15. The van der Waals surface area contributed by atoms with Gasteiger partial charge >= 0.3 is 0 Å². The zero-order valence-electron chi connectivity index (χ0n) is 6.29. The number of rotatable bonds is 3. The summed E-state index contributed by atoms with van der Waals surface area (Å²) in [6.07, 6.45) is 0. The lowest BCUT2D eigenvalue weighted by Gasteiger charge is -2.01. The molecular formula is C8H8ClNO2. The molecule has 0 spiro atoms. The van der Waals surface area contributed by atoms with E-state index >= 15 is 0 Å². The number of amides is 1. The van der Waals surface area contributed by atoms with Crippen molar-refractivity contribution >= 4 is 23.5 Å². The van der Waals surface area contributed by atoms with E-state index in [2.05, 4.69) is 9.61 Å². The Kier molecular flexibility index (Phi) is 3.57. The minimum Gasteiger partial charge on any atom is -0.324 e. The number of carbonyl (C=O) groups excluding carboxylic acids is 1. The standard InChI is InChI=1S/C8H8ClNO2/c9-12-6-8(11)10-7-4-2-1-3-5-7/h1-5H,6H2,(H,10,11). The Labute approximate surface area is 75.5 Å². The van der Waals surface area contributed by atoms with Gasteiger partial charge in [-0.15, -0.1) is 0 Å². The highest BCUT2D eigenvalue weighted by molar-refractivity contribution is 6.08. The van der Waals surface area contributed by atoms with Crippen LogP contribution in [0, 0.1) is 0 Å². The summed E-state index contributed by atoms with van der Waals surface area (Å²) in [4.78, 5) is 10.9. The average Bonchev–Trinajstić information content (AvgIpc) is 2.06. The van der Waals surface area contributed by atoms with Crippen molar-refractivity contribution in [3.8, 4) is 0 Å². The van der Waals surface area contributed by atoms with Gasteiger partial charge in [0.25, 0.3) is 5.91 Å². The third-order valence-corrected chi connectivity index (χ3v) is 1.35. The van der Waals surface area contributed by atoms with E-state index in [9.17, 15) is 4.79 Å². The molecule has 0 saturated heterocycles. The average molecular weight is 186 g/mol. The Morgan fingerprint density at radius 1 is 1.42 bits per heavy atom. The number of para-hydroxylation sites is 1. The SMILES string of the molecule is O=C(COCl)Nc1ccccc1. The van der Waals surface area contributed by atoms with E-state index in [1.54, 1.807) is 12.1 Å². The van der Waals surface area contributed by atoms with Gasteiger partial charge in [0, 0.05) is 5.69 Å². The molecule has 1 amide bonds. The number of hydrogen-bond donors (Lipinski definition) is 1. The lowest BCUT2D eigenvalue weighted by molar-refractivity contribution is -0.118. The number of hydrogen-bond acceptors (Lipinski definition) is 2. The van der Waals surface area contributed by atoms with Crippen LogP contribution in [-0.2, 0) is 9.08 Å². The third-order valence-electron chi connectivity index (χ3n) is 1.24.